The van der Waals surface area contributed by atoms with Gasteiger partial charge in [-0.15, -0.1) is 0 Å². The van der Waals surface area contributed by atoms with Crippen molar-refractivity contribution in [1.82, 2.24) is 26.2 Å². The summed E-state index contributed by atoms with van der Waals surface area (Å²) >= 11 is 0. The molecule has 3 aromatic carbocycles. The van der Waals surface area contributed by atoms with Gasteiger partial charge in [0.25, 0.3) is 0 Å². The molecule has 44 heavy (non-hydrogen) atoms. The second kappa shape index (κ2) is 14.5. The van der Waals surface area contributed by atoms with Crippen molar-refractivity contribution in [2.75, 3.05) is 13.6 Å². The van der Waals surface area contributed by atoms with E-state index in [4.69, 9.17) is 0 Å². The van der Waals surface area contributed by atoms with E-state index < -0.39 is 17.7 Å². The lowest BCUT2D eigenvalue weighted by molar-refractivity contribution is -0.137. The normalized spacial score (nSPS) is 15.6. The third-order valence-corrected chi connectivity index (χ3v) is 7.70. The van der Waals surface area contributed by atoms with E-state index in [2.05, 4.69) is 21.3 Å². The van der Waals surface area contributed by atoms with Crippen molar-refractivity contribution in [3.8, 4) is 11.1 Å². The number of β-amino-alcohol motifs (C(OH)–C–C–N with tert-alkyl or cyclic N) is 1. The lowest BCUT2D eigenvalue weighted by Crippen LogP contribution is -2.51. The van der Waals surface area contributed by atoms with Gasteiger partial charge in [0, 0.05) is 51.6 Å². The number of hydrogen-bond donors (Lipinski definition) is 5. The highest BCUT2D eigenvalue weighted by Crippen LogP contribution is 2.26. The molecule has 3 aromatic rings. The lowest BCUT2D eigenvalue weighted by atomic mass is 9.98. The third-order valence-electron chi connectivity index (χ3n) is 7.70. The van der Waals surface area contributed by atoms with Crippen LogP contribution in [0.3, 0.4) is 0 Å². The lowest BCUT2D eigenvalue weighted by Gasteiger charge is -2.29. The Morgan fingerprint density at radius 1 is 1.07 bits per heavy atom. The molecule has 1 aliphatic heterocycles. The van der Waals surface area contributed by atoms with Crippen LogP contribution in [0.2, 0.25) is 0 Å². The number of aliphatic hydroxyl groups is 1. The van der Waals surface area contributed by atoms with Gasteiger partial charge in [0.15, 0.2) is 0 Å². The van der Waals surface area contributed by atoms with E-state index in [1.807, 2.05) is 62.4 Å². The number of benzene rings is 3. The SMILES string of the molecule is CNC(=O)NCc1ccccc1-c1ccc(CN2Cc3ccc(F)cc3C[C@@H](NC(=O)CC(C)(C)NC[C@@H](C)O)C2=O)cc1. The van der Waals surface area contributed by atoms with Crippen LogP contribution in [-0.4, -0.2) is 59.1 Å². The molecule has 0 spiro atoms. The van der Waals surface area contributed by atoms with Crippen molar-refractivity contribution in [1.29, 1.82) is 0 Å². The standard InChI is InChI=1S/C34H42FN5O4/c1-22(41)18-38-34(2,3)17-31(42)39-30-16-27-15-28(35)14-13-26(27)21-40(32(30)43)20-23-9-11-24(12-10-23)29-8-6-5-7-25(29)19-37-33(44)36-4/h5-15,22,30,38,41H,16-21H2,1-4H3,(H,39,42)(H2,36,37,44)/t22-,30-/m1/s1. The Kier molecular flexibility index (Phi) is 10.7. The number of amides is 4. The fourth-order valence-corrected chi connectivity index (χ4v) is 5.36. The minimum atomic E-state index is -0.850. The molecular weight excluding hydrogens is 561 g/mol. The van der Waals surface area contributed by atoms with Crippen molar-refractivity contribution in [3.63, 3.8) is 0 Å². The van der Waals surface area contributed by atoms with Crippen LogP contribution < -0.4 is 21.3 Å². The number of nitrogens with zero attached hydrogens (tertiary/aromatic N) is 1. The Morgan fingerprint density at radius 3 is 2.50 bits per heavy atom. The van der Waals surface area contributed by atoms with Gasteiger partial charge in [-0.25, -0.2) is 9.18 Å². The zero-order chi connectivity index (χ0) is 31.9. The van der Waals surface area contributed by atoms with Crippen LogP contribution in [0.15, 0.2) is 66.7 Å². The highest BCUT2D eigenvalue weighted by atomic mass is 19.1. The summed E-state index contributed by atoms with van der Waals surface area (Å²) in [6.45, 7) is 6.70. The second-order valence-electron chi connectivity index (χ2n) is 12.0. The molecule has 0 fully saturated rings. The number of fused-ring (bicyclic) bond motifs is 1. The molecule has 9 nitrogen and oxygen atoms in total. The highest BCUT2D eigenvalue weighted by Gasteiger charge is 2.32. The zero-order valence-corrected chi connectivity index (χ0v) is 25.7. The van der Waals surface area contributed by atoms with Gasteiger partial charge in [0.1, 0.15) is 11.9 Å². The first-order chi connectivity index (χ1) is 20.9. The monoisotopic (exact) mass is 603 g/mol. The van der Waals surface area contributed by atoms with Crippen molar-refractivity contribution >= 4 is 17.8 Å². The summed E-state index contributed by atoms with van der Waals surface area (Å²) < 4.78 is 14.2. The molecule has 234 valence electrons. The number of rotatable bonds is 11. The first-order valence-electron chi connectivity index (χ1n) is 14.9. The van der Waals surface area contributed by atoms with E-state index in [0.717, 1.165) is 27.8 Å². The van der Waals surface area contributed by atoms with Gasteiger partial charge >= 0.3 is 6.03 Å². The second-order valence-corrected chi connectivity index (χ2v) is 12.0. The van der Waals surface area contributed by atoms with Gasteiger partial charge in [-0.05, 0) is 66.3 Å². The maximum absolute atomic E-state index is 14.2. The van der Waals surface area contributed by atoms with Crippen molar-refractivity contribution in [3.05, 3.63) is 94.8 Å². The molecule has 1 heterocycles. The van der Waals surface area contributed by atoms with Crippen LogP contribution in [0.1, 0.15) is 49.4 Å². The van der Waals surface area contributed by atoms with Gasteiger partial charge in [-0.2, -0.15) is 0 Å². The maximum atomic E-state index is 14.2. The Labute approximate surface area is 258 Å². The van der Waals surface area contributed by atoms with Gasteiger partial charge < -0.3 is 31.3 Å². The molecule has 0 bridgehead atoms. The van der Waals surface area contributed by atoms with Gasteiger partial charge in [-0.3, -0.25) is 9.59 Å². The average Bonchev–Trinajstić information content (AvgIpc) is 3.10. The molecule has 0 saturated carbocycles. The van der Waals surface area contributed by atoms with E-state index in [0.29, 0.717) is 25.2 Å². The molecular formula is C34H42FN5O4. The first kappa shape index (κ1) is 32.6. The molecule has 1 aliphatic rings. The van der Waals surface area contributed by atoms with E-state index in [1.165, 1.54) is 12.1 Å². The number of urea groups is 1. The number of halogens is 1. The van der Waals surface area contributed by atoms with Crippen molar-refractivity contribution < 1.29 is 23.9 Å². The molecule has 0 radical (unpaired) electrons. The maximum Gasteiger partial charge on any atom is 0.314 e. The number of hydrogen-bond acceptors (Lipinski definition) is 5. The first-order valence-corrected chi connectivity index (χ1v) is 14.9. The quantitative estimate of drug-likeness (QED) is 0.229. The minimum Gasteiger partial charge on any atom is -0.392 e. The molecule has 2 atom stereocenters. The predicted molar refractivity (Wildman–Crippen MR) is 168 cm³/mol. The summed E-state index contributed by atoms with van der Waals surface area (Å²) in [6, 6.07) is 19.2. The van der Waals surface area contributed by atoms with E-state index in [-0.39, 0.29) is 43.0 Å². The van der Waals surface area contributed by atoms with Crippen LogP contribution in [0, 0.1) is 5.82 Å². The Bertz CT molecular complexity index is 1470. The molecule has 5 N–H and O–H groups in total. The summed E-state index contributed by atoms with van der Waals surface area (Å²) in [5.74, 6) is -0.931. The predicted octanol–water partition coefficient (Wildman–Crippen LogP) is 3.63. The average molecular weight is 604 g/mol. The van der Waals surface area contributed by atoms with Crippen LogP contribution in [0.5, 0.6) is 0 Å². The summed E-state index contributed by atoms with van der Waals surface area (Å²) in [4.78, 5) is 40.3. The number of carbonyl (C=O) groups is 3. The summed E-state index contributed by atoms with van der Waals surface area (Å²) in [5.41, 5.74) is 4.77. The van der Waals surface area contributed by atoms with E-state index in [9.17, 15) is 23.9 Å². The Morgan fingerprint density at radius 2 is 1.80 bits per heavy atom. The van der Waals surface area contributed by atoms with Crippen molar-refractivity contribution in [2.45, 2.75) is 70.9 Å². The fourth-order valence-electron chi connectivity index (χ4n) is 5.36. The number of carbonyl (C=O) groups excluding carboxylic acids is 3. The topological polar surface area (TPSA) is 123 Å². The van der Waals surface area contributed by atoms with Crippen molar-refractivity contribution in [2.24, 2.45) is 0 Å². The summed E-state index contributed by atoms with van der Waals surface area (Å²) in [6.07, 6.45) is -0.271. The molecule has 10 heteroatoms. The Hall–Kier alpha value is -4.28. The third kappa shape index (κ3) is 8.87. The largest absolute Gasteiger partial charge is 0.392 e. The number of aliphatic hydroxyl groups excluding tert-OH is 1. The van der Waals surface area contributed by atoms with Gasteiger partial charge in [-0.1, -0.05) is 54.6 Å². The molecule has 0 aromatic heterocycles. The molecule has 4 rings (SSSR count). The summed E-state index contributed by atoms with van der Waals surface area (Å²) in [7, 11) is 1.57. The molecule has 4 amide bonds. The fraction of sp³-hybridized carbons (Fsp3) is 0.382. The van der Waals surface area contributed by atoms with Crippen LogP contribution >= 0.6 is 0 Å². The van der Waals surface area contributed by atoms with Crippen LogP contribution in [0.25, 0.3) is 11.1 Å². The molecule has 0 aliphatic carbocycles. The van der Waals surface area contributed by atoms with Gasteiger partial charge in [0.2, 0.25) is 11.8 Å². The Balaban J connectivity index is 1.52. The zero-order valence-electron chi connectivity index (χ0n) is 25.7. The van der Waals surface area contributed by atoms with E-state index >= 15 is 0 Å². The summed E-state index contributed by atoms with van der Waals surface area (Å²) in [5, 5.41) is 21.1. The number of nitrogens with one attached hydrogen (secondary N) is 4. The van der Waals surface area contributed by atoms with Crippen LogP contribution in [-0.2, 0) is 35.6 Å². The highest BCUT2D eigenvalue weighted by molar-refractivity contribution is 5.89. The molecule has 0 saturated heterocycles. The molecule has 0 unspecified atom stereocenters. The van der Waals surface area contributed by atoms with Gasteiger partial charge in [0.05, 0.1) is 6.10 Å². The minimum absolute atomic E-state index is 0.0983. The van der Waals surface area contributed by atoms with E-state index in [1.54, 1.807) is 24.9 Å². The van der Waals surface area contributed by atoms with Crippen LogP contribution in [0.4, 0.5) is 9.18 Å². The smallest absolute Gasteiger partial charge is 0.314 e.